The lowest BCUT2D eigenvalue weighted by atomic mass is 10.1. The number of nitrogens with one attached hydrogen (secondary N) is 1. The molecule has 0 saturated carbocycles. The van der Waals surface area contributed by atoms with E-state index in [1.54, 1.807) is 11.6 Å². The molecular formula is C12H9N3O3S. The molecule has 2 aromatic heterocycles. The highest BCUT2D eigenvalue weighted by molar-refractivity contribution is 7.13. The van der Waals surface area contributed by atoms with Gasteiger partial charge in [0.05, 0.1) is 5.56 Å². The quantitative estimate of drug-likeness (QED) is 0.831. The molecule has 0 aromatic carbocycles. The number of rotatable bonds is 4. The molecule has 2 rings (SSSR count). The molecule has 0 aliphatic heterocycles. The summed E-state index contributed by atoms with van der Waals surface area (Å²) in [5, 5.41) is 13.4. The van der Waals surface area contributed by atoms with Gasteiger partial charge in [-0.15, -0.1) is 11.3 Å². The molecule has 0 fully saturated rings. The van der Waals surface area contributed by atoms with Crippen molar-refractivity contribution in [2.75, 3.05) is 5.32 Å². The van der Waals surface area contributed by atoms with Gasteiger partial charge in [0.2, 0.25) is 0 Å². The number of carboxylic acid groups (broad SMARTS) is 1. The van der Waals surface area contributed by atoms with Gasteiger partial charge in [0.1, 0.15) is 0 Å². The van der Waals surface area contributed by atoms with E-state index in [9.17, 15) is 9.59 Å². The third-order valence-corrected chi connectivity index (χ3v) is 2.84. The lowest BCUT2D eigenvalue weighted by Crippen LogP contribution is -2.13. The van der Waals surface area contributed by atoms with E-state index < -0.39 is 5.97 Å². The smallest absolute Gasteiger partial charge is 0.328 e. The third-order valence-electron chi connectivity index (χ3n) is 2.15. The number of hydrogen-bond donors (Lipinski definition) is 2. The Hall–Kier alpha value is -2.54. The standard InChI is InChI=1S/C12H9N3O3S/c16-10(17)2-1-8-7-13-4-3-9(8)11(18)15-12-14-5-6-19-12/h1-7H,(H,16,17)(H,14,15,18). The fourth-order valence-electron chi connectivity index (χ4n) is 1.36. The minimum atomic E-state index is -1.09. The second-order valence-electron chi connectivity index (χ2n) is 3.43. The number of nitrogens with zero attached hydrogens (tertiary/aromatic N) is 2. The molecule has 6 nitrogen and oxygen atoms in total. The Balaban J connectivity index is 2.24. The largest absolute Gasteiger partial charge is 0.478 e. The van der Waals surface area contributed by atoms with Crippen molar-refractivity contribution in [1.29, 1.82) is 0 Å². The Labute approximate surface area is 112 Å². The van der Waals surface area contributed by atoms with Crippen LogP contribution in [0.5, 0.6) is 0 Å². The number of carbonyl (C=O) groups is 2. The van der Waals surface area contributed by atoms with Crippen molar-refractivity contribution in [1.82, 2.24) is 9.97 Å². The highest BCUT2D eigenvalue weighted by atomic mass is 32.1. The van der Waals surface area contributed by atoms with E-state index >= 15 is 0 Å². The summed E-state index contributed by atoms with van der Waals surface area (Å²) in [6.07, 6.45) is 6.76. The molecule has 0 saturated heterocycles. The van der Waals surface area contributed by atoms with Crippen LogP contribution in [0.25, 0.3) is 6.08 Å². The molecule has 0 radical (unpaired) electrons. The normalized spacial score (nSPS) is 10.5. The van der Waals surface area contributed by atoms with Crippen molar-refractivity contribution in [2.24, 2.45) is 0 Å². The van der Waals surface area contributed by atoms with Crippen LogP contribution in [0.4, 0.5) is 5.13 Å². The van der Waals surface area contributed by atoms with Crippen LogP contribution in [-0.2, 0) is 4.79 Å². The Morgan fingerprint density at radius 1 is 1.37 bits per heavy atom. The first-order chi connectivity index (χ1) is 9.16. The maximum absolute atomic E-state index is 12.0. The number of aromatic nitrogens is 2. The number of carbonyl (C=O) groups excluding carboxylic acids is 1. The van der Waals surface area contributed by atoms with Crippen LogP contribution in [0, 0.1) is 0 Å². The van der Waals surface area contributed by atoms with E-state index in [1.807, 2.05) is 0 Å². The molecule has 1 amide bonds. The molecule has 0 bridgehead atoms. The molecule has 0 aliphatic carbocycles. The number of pyridine rings is 1. The summed E-state index contributed by atoms with van der Waals surface area (Å²) >= 11 is 1.30. The topological polar surface area (TPSA) is 92.2 Å². The van der Waals surface area contributed by atoms with E-state index in [-0.39, 0.29) is 5.91 Å². The number of hydrogen-bond acceptors (Lipinski definition) is 5. The van der Waals surface area contributed by atoms with Crippen LogP contribution in [0.1, 0.15) is 15.9 Å². The molecule has 7 heteroatoms. The van der Waals surface area contributed by atoms with Crippen molar-refractivity contribution in [3.63, 3.8) is 0 Å². The van der Waals surface area contributed by atoms with Crippen molar-refractivity contribution in [3.05, 3.63) is 47.2 Å². The van der Waals surface area contributed by atoms with Crippen LogP contribution in [0.2, 0.25) is 0 Å². The van der Waals surface area contributed by atoms with Crippen molar-refractivity contribution >= 4 is 34.4 Å². The van der Waals surface area contributed by atoms with Crippen LogP contribution in [0.15, 0.2) is 36.1 Å². The van der Waals surface area contributed by atoms with Gasteiger partial charge in [-0.1, -0.05) is 0 Å². The molecule has 19 heavy (non-hydrogen) atoms. The maximum atomic E-state index is 12.0. The number of anilines is 1. The van der Waals surface area contributed by atoms with Crippen molar-refractivity contribution < 1.29 is 14.7 Å². The average molecular weight is 275 g/mol. The zero-order valence-corrected chi connectivity index (χ0v) is 10.4. The summed E-state index contributed by atoms with van der Waals surface area (Å²) in [6, 6.07) is 1.52. The fraction of sp³-hybridized carbons (Fsp3) is 0. The molecule has 0 unspecified atom stereocenters. The predicted octanol–water partition coefficient (Wildman–Crippen LogP) is 1.89. The zero-order valence-electron chi connectivity index (χ0n) is 9.61. The molecule has 0 aliphatic rings. The van der Waals surface area contributed by atoms with Crippen LogP contribution in [0.3, 0.4) is 0 Å². The van der Waals surface area contributed by atoms with Gasteiger partial charge in [0.15, 0.2) is 5.13 Å². The van der Waals surface area contributed by atoms with Gasteiger partial charge in [0.25, 0.3) is 5.91 Å². The Bertz CT molecular complexity index is 623. The van der Waals surface area contributed by atoms with E-state index in [0.717, 1.165) is 6.08 Å². The highest BCUT2D eigenvalue weighted by Gasteiger charge is 2.11. The first-order valence-electron chi connectivity index (χ1n) is 5.22. The molecule has 0 spiro atoms. The Kier molecular flexibility index (Phi) is 3.99. The lowest BCUT2D eigenvalue weighted by Gasteiger charge is -2.04. The van der Waals surface area contributed by atoms with Gasteiger partial charge in [-0.05, 0) is 12.1 Å². The average Bonchev–Trinajstić information content (AvgIpc) is 2.89. The molecule has 2 N–H and O–H groups in total. The SMILES string of the molecule is O=C(O)C=Cc1cnccc1C(=O)Nc1nccs1. The molecule has 0 atom stereocenters. The molecule has 2 aromatic rings. The Morgan fingerprint density at radius 3 is 2.89 bits per heavy atom. The van der Waals surface area contributed by atoms with Gasteiger partial charge in [0, 0.05) is 35.6 Å². The van der Waals surface area contributed by atoms with Gasteiger partial charge < -0.3 is 5.11 Å². The van der Waals surface area contributed by atoms with Crippen LogP contribution >= 0.6 is 11.3 Å². The van der Waals surface area contributed by atoms with Gasteiger partial charge in [-0.25, -0.2) is 9.78 Å². The Morgan fingerprint density at radius 2 is 2.21 bits per heavy atom. The molecule has 2 heterocycles. The predicted molar refractivity (Wildman–Crippen MR) is 71.0 cm³/mol. The summed E-state index contributed by atoms with van der Waals surface area (Å²) < 4.78 is 0. The first-order valence-corrected chi connectivity index (χ1v) is 6.10. The minimum Gasteiger partial charge on any atom is -0.478 e. The number of amides is 1. The maximum Gasteiger partial charge on any atom is 0.328 e. The van der Waals surface area contributed by atoms with Crippen LogP contribution < -0.4 is 5.32 Å². The van der Waals surface area contributed by atoms with Gasteiger partial charge in [-0.2, -0.15) is 0 Å². The second-order valence-corrected chi connectivity index (χ2v) is 4.32. The fourth-order valence-corrected chi connectivity index (χ4v) is 1.88. The van der Waals surface area contributed by atoms with E-state index in [0.29, 0.717) is 16.3 Å². The summed E-state index contributed by atoms with van der Waals surface area (Å²) in [7, 11) is 0. The van der Waals surface area contributed by atoms with Crippen molar-refractivity contribution in [3.8, 4) is 0 Å². The highest BCUT2D eigenvalue weighted by Crippen LogP contribution is 2.15. The number of thiazole rings is 1. The van der Waals surface area contributed by atoms with Gasteiger partial charge in [-0.3, -0.25) is 15.1 Å². The lowest BCUT2D eigenvalue weighted by molar-refractivity contribution is -0.131. The second kappa shape index (κ2) is 5.87. The summed E-state index contributed by atoms with van der Waals surface area (Å²) in [6.45, 7) is 0. The summed E-state index contributed by atoms with van der Waals surface area (Å²) in [5.41, 5.74) is 0.765. The monoisotopic (exact) mass is 275 g/mol. The van der Waals surface area contributed by atoms with E-state index in [2.05, 4.69) is 15.3 Å². The van der Waals surface area contributed by atoms with Crippen molar-refractivity contribution in [2.45, 2.75) is 0 Å². The number of carboxylic acids is 1. The van der Waals surface area contributed by atoms with E-state index in [4.69, 9.17) is 5.11 Å². The molecule has 96 valence electrons. The van der Waals surface area contributed by atoms with Crippen LogP contribution in [-0.4, -0.2) is 27.0 Å². The van der Waals surface area contributed by atoms with Gasteiger partial charge >= 0.3 is 5.97 Å². The molecular weight excluding hydrogens is 266 g/mol. The first kappa shape index (κ1) is 12.9. The summed E-state index contributed by atoms with van der Waals surface area (Å²) in [5.74, 6) is -1.45. The zero-order chi connectivity index (χ0) is 13.7. The summed E-state index contributed by atoms with van der Waals surface area (Å²) in [4.78, 5) is 30.3. The third kappa shape index (κ3) is 3.46. The minimum absolute atomic E-state index is 0.336. The van der Waals surface area contributed by atoms with E-state index in [1.165, 1.54) is 35.9 Å². The number of aliphatic carboxylic acids is 1.